The molecule has 0 bridgehead atoms. The monoisotopic (exact) mass is 313 g/mol. The van der Waals surface area contributed by atoms with Crippen LogP contribution in [-0.4, -0.2) is 13.2 Å². The minimum Gasteiger partial charge on any atom is -0.494 e. The van der Waals surface area contributed by atoms with E-state index in [1.165, 1.54) is 18.4 Å². The normalized spacial score (nSPS) is 12.4. The van der Waals surface area contributed by atoms with Crippen LogP contribution >= 0.6 is 15.9 Å². The van der Waals surface area contributed by atoms with Gasteiger partial charge in [-0.2, -0.15) is 0 Å². The predicted molar refractivity (Wildman–Crippen MR) is 81.3 cm³/mol. The fraction of sp³-hybridized carbons (Fsp3) is 0.600. The van der Waals surface area contributed by atoms with Crippen molar-refractivity contribution in [3.63, 3.8) is 0 Å². The quantitative estimate of drug-likeness (QED) is 0.751. The number of rotatable bonds is 8. The summed E-state index contributed by atoms with van der Waals surface area (Å²) in [6.45, 7) is 8.10. The van der Waals surface area contributed by atoms with E-state index in [2.05, 4.69) is 47.2 Å². The van der Waals surface area contributed by atoms with E-state index in [-0.39, 0.29) is 0 Å². The molecule has 1 atom stereocenters. The third-order valence-corrected chi connectivity index (χ3v) is 3.44. The fourth-order valence-electron chi connectivity index (χ4n) is 2.10. The van der Waals surface area contributed by atoms with Gasteiger partial charge in [-0.05, 0) is 38.1 Å². The van der Waals surface area contributed by atoms with E-state index >= 15 is 0 Å². The van der Waals surface area contributed by atoms with Gasteiger partial charge in [-0.1, -0.05) is 42.6 Å². The summed E-state index contributed by atoms with van der Waals surface area (Å²) in [6.07, 6.45) is 3.61. The zero-order valence-corrected chi connectivity index (χ0v) is 13.2. The third kappa shape index (κ3) is 4.62. The van der Waals surface area contributed by atoms with E-state index in [9.17, 15) is 0 Å². The molecular formula is C15H24BrNO. The number of unbranched alkanes of at least 4 members (excludes halogenated alkanes) is 1. The molecule has 0 heterocycles. The van der Waals surface area contributed by atoms with Crippen LogP contribution in [0, 0.1) is 0 Å². The Bertz CT molecular complexity index is 354. The van der Waals surface area contributed by atoms with Crippen molar-refractivity contribution < 1.29 is 4.74 Å². The van der Waals surface area contributed by atoms with E-state index in [4.69, 9.17) is 4.74 Å². The highest BCUT2D eigenvalue weighted by molar-refractivity contribution is 9.10. The van der Waals surface area contributed by atoms with E-state index in [1.54, 1.807) is 0 Å². The fourth-order valence-corrected chi connectivity index (χ4v) is 2.48. The molecule has 0 fully saturated rings. The van der Waals surface area contributed by atoms with Gasteiger partial charge in [0, 0.05) is 16.1 Å². The molecule has 3 heteroatoms. The molecule has 0 amide bonds. The molecule has 0 aromatic heterocycles. The molecule has 1 aromatic carbocycles. The second-order valence-electron chi connectivity index (χ2n) is 4.37. The first kappa shape index (κ1) is 15.5. The molecule has 0 aliphatic rings. The van der Waals surface area contributed by atoms with E-state index in [0.717, 1.165) is 23.2 Å². The van der Waals surface area contributed by atoms with Gasteiger partial charge < -0.3 is 10.1 Å². The summed E-state index contributed by atoms with van der Waals surface area (Å²) in [7, 11) is 0. The summed E-state index contributed by atoms with van der Waals surface area (Å²) in [4.78, 5) is 0. The van der Waals surface area contributed by atoms with Gasteiger partial charge in [0.05, 0.1) is 6.61 Å². The lowest BCUT2D eigenvalue weighted by molar-refractivity contribution is 0.329. The summed E-state index contributed by atoms with van der Waals surface area (Å²) < 4.78 is 6.85. The Hall–Kier alpha value is -0.540. The van der Waals surface area contributed by atoms with Crippen LogP contribution in [0.4, 0.5) is 0 Å². The molecule has 0 saturated heterocycles. The maximum absolute atomic E-state index is 5.74. The number of hydrogen-bond donors (Lipinski definition) is 1. The van der Waals surface area contributed by atoms with Crippen molar-refractivity contribution in [2.45, 2.75) is 46.1 Å². The van der Waals surface area contributed by atoms with Gasteiger partial charge in [0.1, 0.15) is 5.75 Å². The lowest BCUT2D eigenvalue weighted by Crippen LogP contribution is -2.21. The van der Waals surface area contributed by atoms with Gasteiger partial charge in [0.2, 0.25) is 0 Å². The first-order valence-electron chi connectivity index (χ1n) is 6.88. The van der Waals surface area contributed by atoms with Crippen molar-refractivity contribution >= 4 is 15.9 Å². The minimum atomic E-state index is 0.383. The molecule has 1 rings (SSSR count). The SMILES string of the molecule is CCCCC(NCC)c1cc(Br)ccc1OCC. The smallest absolute Gasteiger partial charge is 0.124 e. The Kier molecular flexibility index (Phi) is 7.36. The van der Waals surface area contributed by atoms with Gasteiger partial charge in [-0.3, -0.25) is 0 Å². The molecule has 1 unspecified atom stereocenters. The Morgan fingerprint density at radius 2 is 2.06 bits per heavy atom. The Labute approximate surface area is 119 Å². The highest BCUT2D eigenvalue weighted by Gasteiger charge is 2.15. The van der Waals surface area contributed by atoms with Crippen molar-refractivity contribution in [2.75, 3.05) is 13.2 Å². The van der Waals surface area contributed by atoms with Gasteiger partial charge in [0.15, 0.2) is 0 Å². The number of halogens is 1. The Morgan fingerprint density at radius 1 is 1.28 bits per heavy atom. The standard InChI is InChI=1S/C15H24BrNO/c1-4-7-8-14(17-5-2)13-11-12(16)9-10-15(13)18-6-3/h9-11,14,17H,4-8H2,1-3H3. The van der Waals surface area contributed by atoms with E-state index in [0.29, 0.717) is 12.6 Å². The zero-order valence-electron chi connectivity index (χ0n) is 11.6. The summed E-state index contributed by atoms with van der Waals surface area (Å²) in [5.74, 6) is 1.00. The Balaban J connectivity index is 2.95. The first-order chi connectivity index (χ1) is 8.72. The molecule has 0 saturated carbocycles. The maximum atomic E-state index is 5.74. The predicted octanol–water partition coefficient (Wildman–Crippen LogP) is 4.69. The number of ether oxygens (including phenoxy) is 1. The second-order valence-corrected chi connectivity index (χ2v) is 5.28. The summed E-state index contributed by atoms with van der Waals surface area (Å²) in [5, 5.41) is 3.56. The van der Waals surface area contributed by atoms with Crippen LogP contribution in [0.2, 0.25) is 0 Å². The molecule has 0 aliphatic carbocycles. The van der Waals surface area contributed by atoms with Gasteiger partial charge in [-0.15, -0.1) is 0 Å². The van der Waals surface area contributed by atoms with Gasteiger partial charge in [-0.25, -0.2) is 0 Å². The first-order valence-corrected chi connectivity index (χ1v) is 7.67. The molecule has 102 valence electrons. The average Bonchev–Trinajstić information content (AvgIpc) is 2.37. The van der Waals surface area contributed by atoms with Gasteiger partial charge >= 0.3 is 0 Å². The van der Waals surface area contributed by atoms with Crippen molar-refractivity contribution in [1.82, 2.24) is 5.32 Å². The molecule has 1 N–H and O–H groups in total. The molecular weight excluding hydrogens is 290 g/mol. The molecule has 0 spiro atoms. The van der Waals surface area contributed by atoms with Crippen LogP contribution in [0.3, 0.4) is 0 Å². The maximum Gasteiger partial charge on any atom is 0.124 e. The largest absolute Gasteiger partial charge is 0.494 e. The third-order valence-electron chi connectivity index (χ3n) is 2.94. The molecule has 0 radical (unpaired) electrons. The summed E-state index contributed by atoms with van der Waals surface area (Å²) in [5.41, 5.74) is 1.27. The van der Waals surface area contributed by atoms with Crippen molar-refractivity contribution in [1.29, 1.82) is 0 Å². The van der Waals surface area contributed by atoms with Crippen LogP contribution in [0.1, 0.15) is 51.6 Å². The molecule has 18 heavy (non-hydrogen) atoms. The van der Waals surface area contributed by atoms with Crippen molar-refractivity contribution in [2.24, 2.45) is 0 Å². The number of nitrogens with one attached hydrogen (secondary N) is 1. The Morgan fingerprint density at radius 3 is 2.67 bits per heavy atom. The lowest BCUT2D eigenvalue weighted by Gasteiger charge is -2.21. The lowest BCUT2D eigenvalue weighted by atomic mass is 10.00. The second kappa shape index (κ2) is 8.54. The van der Waals surface area contributed by atoms with Crippen LogP contribution in [0.5, 0.6) is 5.75 Å². The van der Waals surface area contributed by atoms with E-state index < -0.39 is 0 Å². The minimum absolute atomic E-state index is 0.383. The van der Waals surface area contributed by atoms with Crippen LogP contribution in [-0.2, 0) is 0 Å². The summed E-state index contributed by atoms with van der Waals surface area (Å²) in [6, 6.07) is 6.65. The van der Waals surface area contributed by atoms with Gasteiger partial charge in [0.25, 0.3) is 0 Å². The van der Waals surface area contributed by atoms with Crippen molar-refractivity contribution in [3.05, 3.63) is 28.2 Å². The van der Waals surface area contributed by atoms with Crippen LogP contribution in [0.15, 0.2) is 22.7 Å². The molecule has 2 nitrogen and oxygen atoms in total. The van der Waals surface area contributed by atoms with Crippen LogP contribution in [0.25, 0.3) is 0 Å². The zero-order chi connectivity index (χ0) is 13.4. The molecule has 0 aliphatic heterocycles. The highest BCUT2D eigenvalue weighted by atomic mass is 79.9. The van der Waals surface area contributed by atoms with E-state index in [1.807, 2.05) is 13.0 Å². The topological polar surface area (TPSA) is 21.3 Å². The molecule has 1 aromatic rings. The number of benzene rings is 1. The average molecular weight is 314 g/mol. The van der Waals surface area contributed by atoms with Crippen molar-refractivity contribution in [3.8, 4) is 5.75 Å². The summed E-state index contributed by atoms with van der Waals surface area (Å²) >= 11 is 3.55. The number of hydrogen-bond acceptors (Lipinski definition) is 2. The highest BCUT2D eigenvalue weighted by Crippen LogP contribution is 2.31. The van der Waals surface area contributed by atoms with Crippen LogP contribution < -0.4 is 10.1 Å².